The van der Waals surface area contributed by atoms with Gasteiger partial charge in [0.15, 0.2) is 11.5 Å². The Bertz CT molecular complexity index is 1760. The van der Waals surface area contributed by atoms with Crippen LogP contribution in [0.15, 0.2) is 108 Å². The minimum atomic E-state index is -0.553. The first kappa shape index (κ1) is 34.3. The maximum atomic E-state index is 13.6. The van der Waals surface area contributed by atoms with E-state index in [1.165, 1.54) is 26.0 Å². The summed E-state index contributed by atoms with van der Waals surface area (Å²) in [6.45, 7) is 3.78. The molecule has 0 aromatic heterocycles. The van der Waals surface area contributed by atoms with Crippen LogP contribution in [0.5, 0.6) is 11.5 Å². The number of ether oxygens (including phenoxy) is 3. The smallest absolute Gasteiger partial charge is 0.338 e. The van der Waals surface area contributed by atoms with Gasteiger partial charge in [-0.15, -0.1) is 11.8 Å². The fourth-order valence-electron chi connectivity index (χ4n) is 4.30. The number of hydrogen-bond acceptors (Lipinski definition) is 8. The molecule has 0 aliphatic rings. The van der Waals surface area contributed by atoms with E-state index in [2.05, 4.69) is 16.0 Å². The molecule has 1 atom stereocenters. The Balaban J connectivity index is 1.47. The lowest BCUT2D eigenvalue weighted by Crippen LogP contribution is -2.30. The molecule has 4 aromatic rings. The minimum Gasteiger partial charge on any atom is -0.493 e. The van der Waals surface area contributed by atoms with Crippen LogP contribution in [0.4, 0.5) is 11.4 Å². The molecule has 3 amide bonds. The van der Waals surface area contributed by atoms with Crippen LogP contribution in [0.25, 0.3) is 6.08 Å². The minimum absolute atomic E-state index is 0.00542. The highest BCUT2D eigenvalue weighted by Crippen LogP contribution is 2.29. The standard InChI is InChI=1S/C36H35N3O7S/c1-5-46-36(43)26-15-17-27(18-16-26)37-33(40)23(2)47-29-13-9-12-28(22-29)38-35(42)30(39-34(41)25-10-7-6-8-11-25)20-24-14-19-31(44-3)32(21-24)45-4/h6-23H,5H2,1-4H3,(H,37,40)(H,38,42)(H,39,41)/b30-20+. The Labute approximate surface area is 277 Å². The Morgan fingerprint density at radius 3 is 2.17 bits per heavy atom. The largest absolute Gasteiger partial charge is 0.493 e. The van der Waals surface area contributed by atoms with Crippen molar-refractivity contribution < 1.29 is 33.4 Å². The first-order chi connectivity index (χ1) is 22.7. The van der Waals surface area contributed by atoms with E-state index < -0.39 is 23.0 Å². The van der Waals surface area contributed by atoms with Gasteiger partial charge in [0, 0.05) is 21.8 Å². The van der Waals surface area contributed by atoms with Gasteiger partial charge in [-0.1, -0.05) is 30.3 Å². The normalized spacial score (nSPS) is 11.5. The average Bonchev–Trinajstić information content (AvgIpc) is 3.08. The van der Waals surface area contributed by atoms with Gasteiger partial charge in [0.2, 0.25) is 5.91 Å². The van der Waals surface area contributed by atoms with E-state index in [9.17, 15) is 19.2 Å². The summed E-state index contributed by atoms with van der Waals surface area (Å²) in [4.78, 5) is 52.1. The van der Waals surface area contributed by atoms with Gasteiger partial charge < -0.3 is 30.2 Å². The van der Waals surface area contributed by atoms with Crippen molar-refractivity contribution in [1.29, 1.82) is 0 Å². The van der Waals surface area contributed by atoms with Crippen molar-refractivity contribution in [3.63, 3.8) is 0 Å². The van der Waals surface area contributed by atoms with Gasteiger partial charge in [-0.3, -0.25) is 14.4 Å². The molecular formula is C36H35N3O7S. The second kappa shape index (κ2) is 16.7. The quantitative estimate of drug-likeness (QED) is 0.0857. The highest BCUT2D eigenvalue weighted by atomic mass is 32.2. The first-order valence-electron chi connectivity index (χ1n) is 14.7. The van der Waals surface area contributed by atoms with Gasteiger partial charge in [0.1, 0.15) is 5.70 Å². The van der Waals surface area contributed by atoms with Crippen LogP contribution in [-0.2, 0) is 14.3 Å². The molecule has 0 heterocycles. The van der Waals surface area contributed by atoms with Crippen LogP contribution in [-0.4, -0.2) is 49.8 Å². The van der Waals surface area contributed by atoms with Crippen LogP contribution >= 0.6 is 11.8 Å². The predicted octanol–water partition coefficient (Wildman–Crippen LogP) is 6.41. The zero-order chi connectivity index (χ0) is 33.8. The van der Waals surface area contributed by atoms with Crippen molar-refractivity contribution in [1.82, 2.24) is 5.32 Å². The number of rotatable bonds is 13. The van der Waals surface area contributed by atoms with Gasteiger partial charge in [0.05, 0.1) is 31.6 Å². The number of anilines is 2. The van der Waals surface area contributed by atoms with Crippen molar-refractivity contribution in [2.24, 2.45) is 0 Å². The molecule has 0 radical (unpaired) electrons. The van der Waals surface area contributed by atoms with Crippen LogP contribution in [0, 0.1) is 0 Å². The monoisotopic (exact) mass is 653 g/mol. The third-order valence-corrected chi connectivity index (χ3v) is 7.78. The molecule has 0 aliphatic heterocycles. The molecule has 1 unspecified atom stereocenters. The first-order valence-corrected chi connectivity index (χ1v) is 15.5. The Morgan fingerprint density at radius 1 is 0.766 bits per heavy atom. The summed E-state index contributed by atoms with van der Waals surface area (Å²) >= 11 is 1.31. The number of thioether (sulfide) groups is 1. The highest BCUT2D eigenvalue weighted by Gasteiger charge is 2.18. The van der Waals surface area contributed by atoms with Crippen molar-refractivity contribution >= 4 is 52.9 Å². The summed E-state index contributed by atoms with van der Waals surface area (Å²) in [6.07, 6.45) is 1.54. The van der Waals surface area contributed by atoms with Crippen molar-refractivity contribution in [3.8, 4) is 11.5 Å². The summed E-state index contributed by atoms with van der Waals surface area (Å²) < 4.78 is 15.7. The number of carbonyl (C=O) groups excluding carboxylic acids is 4. The lowest BCUT2D eigenvalue weighted by atomic mass is 10.1. The molecule has 0 fully saturated rings. The SMILES string of the molecule is CCOC(=O)c1ccc(NC(=O)C(C)Sc2cccc(NC(=O)/C(=C\c3ccc(OC)c(OC)c3)NC(=O)c3ccccc3)c2)cc1. The molecule has 0 aliphatic carbocycles. The van der Waals surface area contributed by atoms with Gasteiger partial charge in [-0.25, -0.2) is 4.79 Å². The molecule has 10 nitrogen and oxygen atoms in total. The number of amides is 3. The van der Waals surface area contributed by atoms with E-state index in [1.807, 2.05) is 6.07 Å². The summed E-state index contributed by atoms with van der Waals surface area (Å²) in [5.41, 5.74) is 2.40. The lowest BCUT2D eigenvalue weighted by Gasteiger charge is -2.14. The number of hydrogen-bond donors (Lipinski definition) is 3. The summed E-state index contributed by atoms with van der Waals surface area (Å²) in [5, 5.41) is 7.93. The highest BCUT2D eigenvalue weighted by molar-refractivity contribution is 8.00. The Kier molecular flexibility index (Phi) is 12.2. The maximum Gasteiger partial charge on any atom is 0.338 e. The fourth-order valence-corrected chi connectivity index (χ4v) is 5.23. The summed E-state index contributed by atoms with van der Waals surface area (Å²) in [5.74, 6) is -0.684. The Morgan fingerprint density at radius 2 is 1.49 bits per heavy atom. The molecule has 242 valence electrons. The number of benzene rings is 4. The van der Waals surface area contributed by atoms with E-state index in [-0.39, 0.29) is 18.2 Å². The molecule has 4 aromatic carbocycles. The van der Waals surface area contributed by atoms with E-state index >= 15 is 0 Å². The topological polar surface area (TPSA) is 132 Å². The zero-order valence-corrected chi connectivity index (χ0v) is 27.2. The van der Waals surface area contributed by atoms with Crippen molar-refractivity contribution in [2.45, 2.75) is 24.0 Å². The number of methoxy groups -OCH3 is 2. The van der Waals surface area contributed by atoms with Gasteiger partial charge in [-0.2, -0.15) is 0 Å². The lowest BCUT2D eigenvalue weighted by molar-refractivity contribution is -0.115. The predicted molar refractivity (Wildman–Crippen MR) is 183 cm³/mol. The third-order valence-electron chi connectivity index (χ3n) is 6.68. The summed E-state index contributed by atoms with van der Waals surface area (Å²) in [7, 11) is 3.04. The molecule has 11 heteroatoms. The van der Waals surface area contributed by atoms with Crippen molar-refractivity contribution in [3.05, 3.63) is 119 Å². The third kappa shape index (κ3) is 9.72. The van der Waals surface area contributed by atoms with Crippen LogP contribution < -0.4 is 25.4 Å². The number of nitrogens with one attached hydrogen (secondary N) is 3. The zero-order valence-electron chi connectivity index (χ0n) is 26.4. The molecule has 0 saturated heterocycles. The van der Waals surface area contributed by atoms with E-state index in [4.69, 9.17) is 14.2 Å². The van der Waals surface area contributed by atoms with Gasteiger partial charge >= 0.3 is 5.97 Å². The van der Waals surface area contributed by atoms with Crippen molar-refractivity contribution in [2.75, 3.05) is 31.5 Å². The molecule has 0 spiro atoms. The Hall–Kier alpha value is -5.55. The van der Waals surface area contributed by atoms with Gasteiger partial charge in [-0.05, 0) is 92.2 Å². The van der Waals surface area contributed by atoms with E-state index in [1.54, 1.807) is 111 Å². The molecule has 3 N–H and O–H groups in total. The van der Waals surface area contributed by atoms with Crippen LogP contribution in [0.1, 0.15) is 40.1 Å². The second-order valence-corrected chi connectivity index (χ2v) is 11.4. The van der Waals surface area contributed by atoms with Gasteiger partial charge in [0.25, 0.3) is 11.8 Å². The number of carbonyl (C=O) groups is 4. The molecule has 0 saturated carbocycles. The van der Waals surface area contributed by atoms with E-state index in [0.717, 1.165) is 4.90 Å². The number of esters is 1. The summed E-state index contributed by atoms with van der Waals surface area (Å²) in [6, 6.07) is 27.2. The molecule has 4 rings (SSSR count). The maximum absolute atomic E-state index is 13.6. The fraction of sp³-hybridized carbons (Fsp3) is 0.167. The average molecular weight is 654 g/mol. The van der Waals surface area contributed by atoms with E-state index in [0.29, 0.717) is 39.6 Å². The van der Waals surface area contributed by atoms with Crippen LogP contribution in [0.2, 0.25) is 0 Å². The molecule has 0 bridgehead atoms. The van der Waals surface area contributed by atoms with Crippen LogP contribution in [0.3, 0.4) is 0 Å². The second-order valence-electron chi connectivity index (χ2n) is 10.0. The molecule has 47 heavy (non-hydrogen) atoms. The molecular weight excluding hydrogens is 618 g/mol.